The summed E-state index contributed by atoms with van der Waals surface area (Å²) in [5.74, 6) is 0. The number of halogens is 3. The van der Waals surface area contributed by atoms with Crippen molar-refractivity contribution in [3.8, 4) is 0 Å². The maximum Gasteiger partial charge on any atom is 0.389 e. The van der Waals surface area contributed by atoms with Crippen molar-refractivity contribution in [1.29, 1.82) is 0 Å². The Morgan fingerprint density at radius 3 is 2.41 bits per heavy atom. The van der Waals surface area contributed by atoms with Gasteiger partial charge in [0, 0.05) is 19.6 Å². The van der Waals surface area contributed by atoms with E-state index >= 15 is 0 Å². The molecule has 1 fully saturated rings. The fourth-order valence-corrected chi connectivity index (χ4v) is 2.31. The van der Waals surface area contributed by atoms with Gasteiger partial charge in [-0.15, -0.1) is 0 Å². The molecule has 0 aromatic heterocycles. The number of rotatable bonds is 7. The minimum atomic E-state index is -4.06. The van der Waals surface area contributed by atoms with Crippen LogP contribution in [0.1, 0.15) is 45.4 Å². The maximum atomic E-state index is 12.0. The van der Waals surface area contributed by atoms with Gasteiger partial charge in [0.1, 0.15) is 0 Å². The minimum Gasteiger partial charge on any atom is -0.374 e. The van der Waals surface area contributed by atoms with Crippen molar-refractivity contribution in [2.75, 3.05) is 19.7 Å². The first-order valence-corrected chi connectivity index (χ1v) is 6.39. The second-order valence-corrected chi connectivity index (χ2v) is 4.74. The molecule has 1 aliphatic carbocycles. The number of nitrogens with one attached hydrogen (secondary N) is 1. The lowest BCUT2D eigenvalue weighted by Gasteiger charge is -2.29. The number of hydrogen-bond acceptors (Lipinski definition) is 2. The number of hydrogen-bond donors (Lipinski definition) is 1. The maximum absolute atomic E-state index is 12.0. The standard InChI is InChI=1S/C12H22F3NO/c1-2-16-10-11(6-3-4-7-11)17-9-5-8-12(13,14)15/h16H,2-10H2,1H3. The second kappa shape index (κ2) is 6.59. The fourth-order valence-electron chi connectivity index (χ4n) is 2.31. The third-order valence-corrected chi connectivity index (χ3v) is 3.22. The third-order valence-electron chi connectivity index (χ3n) is 3.22. The Kier molecular flexibility index (Phi) is 5.73. The summed E-state index contributed by atoms with van der Waals surface area (Å²) in [7, 11) is 0. The van der Waals surface area contributed by atoms with Crippen LogP contribution < -0.4 is 5.32 Å². The van der Waals surface area contributed by atoms with Crippen molar-refractivity contribution >= 4 is 0 Å². The monoisotopic (exact) mass is 253 g/mol. The van der Waals surface area contributed by atoms with Crippen LogP contribution in [0.2, 0.25) is 0 Å². The molecule has 0 unspecified atom stereocenters. The predicted molar refractivity (Wildman–Crippen MR) is 61.0 cm³/mol. The lowest BCUT2D eigenvalue weighted by Crippen LogP contribution is -2.41. The van der Waals surface area contributed by atoms with E-state index in [-0.39, 0.29) is 18.6 Å². The van der Waals surface area contributed by atoms with Gasteiger partial charge in [0.2, 0.25) is 0 Å². The fraction of sp³-hybridized carbons (Fsp3) is 1.00. The van der Waals surface area contributed by atoms with Crippen LogP contribution in [0.3, 0.4) is 0 Å². The van der Waals surface area contributed by atoms with Crippen molar-refractivity contribution in [2.24, 2.45) is 0 Å². The molecule has 1 rings (SSSR count). The summed E-state index contributed by atoms with van der Waals surface area (Å²) in [6.07, 6.45) is -0.580. The molecule has 0 aromatic rings. The van der Waals surface area contributed by atoms with E-state index in [2.05, 4.69) is 5.32 Å². The summed E-state index contributed by atoms with van der Waals surface area (Å²) >= 11 is 0. The molecule has 1 N–H and O–H groups in total. The lowest BCUT2D eigenvalue weighted by molar-refractivity contribution is -0.141. The van der Waals surface area contributed by atoms with Crippen LogP contribution in [0, 0.1) is 0 Å². The van der Waals surface area contributed by atoms with Crippen LogP contribution in [-0.2, 0) is 4.74 Å². The Labute approximate surface area is 101 Å². The molecule has 0 aromatic carbocycles. The number of alkyl halides is 3. The molecule has 17 heavy (non-hydrogen) atoms. The smallest absolute Gasteiger partial charge is 0.374 e. The van der Waals surface area contributed by atoms with Gasteiger partial charge in [0.15, 0.2) is 0 Å². The summed E-state index contributed by atoms with van der Waals surface area (Å²) in [4.78, 5) is 0. The zero-order chi connectivity index (χ0) is 12.8. The van der Waals surface area contributed by atoms with E-state index in [0.29, 0.717) is 0 Å². The number of ether oxygens (including phenoxy) is 1. The molecule has 1 saturated carbocycles. The van der Waals surface area contributed by atoms with Crippen molar-refractivity contribution in [2.45, 2.75) is 57.2 Å². The van der Waals surface area contributed by atoms with Crippen LogP contribution in [0.15, 0.2) is 0 Å². The van der Waals surface area contributed by atoms with Gasteiger partial charge in [-0.25, -0.2) is 0 Å². The molecule has 5 heteroatoms. The SMILES string of the molecule is CCNCC1(OCCCC(F)(F)F)CCCC1. The second-order valence-electron chi connectivity index (χ2n) is 4.74. The Hall–Kier alpha value is -0.290. The molecular formula is C12H22F3NO. The first-order chi connectivity index (χ1) is 7.97. The van der Waals surface area contributed by atoms with Crippen molar-refractivity contribution in [1.82, 2.24) is 5.32 Å². The van der Waals surface area contributed by atoms with Crippen LogP contribution in [0.5, 0.6) is 0 Å². The molecular weight excluding hydrogens is 231 g/mol. The Morgan fingerprint density at radius 1 is 1.24 bits per heavy atom. The largest absolute Gasteiger partial charge is 0.389 e. The van der Waals surface area contributed by atoms with Crippen molar-refractivity contribution in [3.63, 3.8) is 0 Å². The van der Waals surface area contributed by atoms with Crippen molar-refractivity contribution in [3.05, 3.63) is 0 Å². The minimum absolute atomic E-state index is 0.0668. The highest BCUT2D eigenvalue weighted by Gasteiger charge is 2.34. The van der Waals surface area contributed by atoms with Gasteiger partial charge in [-0.05, 0) is 25.8 Å². The van der Waals surface area contributed by atoms with Crippen LogP contribution in [0.25, 0.3) is 0 Å². The average Bonchev–Trinajstić information content (AvgIpc) is 2.70. The summed E-state index contributed by atoms with van der Waals surface area (Å²) in [6.45, 7) is 3.86. The van der Waals surface area contributed by atoms with Gasteiger partial charge in [-0.2, -0.15) is 13.2 Å². The number of likely N-dealkylation sites (N-methyl/N-ethyl adjacent to an activating group) is 1. The molecule has 1 aliphatic rings. The van der Waals surface area contributed by atoms with Gasteiger partial charge < -0.3 is 10.1 Å². The predicted octanol–water partition coefficient (Wildman–Crippen LogP) is 3.27. The highest BCUT2D eigenvalue weighted by Crippen LogP contribution is 2.33. The first-order valence-electron chi connectivity index (χ1n) is 6.39. The highest BCUT2D eigenvalue weighted by molar-refractivity contribution is 4.88. The summed E-state index contributed by atoms with van der Waals surface area (Å²) in [6, 6.07) is 0. The Balaban J connectivity index is 2.25. The zero-order valence-corrected chi connectivity index (χ0v) is 10.4. The van der Waals surface area contributed by atoms with E-state index in [4.69, 9.17) is 4.74 Å². The lowest BCUT2D eigenvalue weighted by atomic mass is 10.0. The topological polar surface area (TPSA) is 21.3 Å². The van der Waals surface area contributed by atoms with E-state index in [1.165, 1.54) is 0 Å². The Bertz CT molecular complexity index is 212. The molecule has 102 valence electrons. The van der Waals surface area contributed by atoms with E-state index < -0.39 is 12.6 Å². The summed E-state index contributed by atoms with van der Waals surface area (Å²) < 4.78 is 41.7. The van der Waals surface area contributed by atoms with Crippen LogP contribution in [0.4, 0.5) is 13.2 Å². The summed E-state index contributed by atoms with van der Waals surface area (Å²) in [5.41, 5.74) is -0.207. The van der Waals surface area contributed by atoms with Crippen molar-refractivity contribution < 1.29 is 17.9 Å². The quantitative estimate of drug-likeness (QED) is 0.703. The molecule has 2 nitrogen and oxygen atoms in total. The molecule has 0 bridgehead atoms. The van der Waals surface area contributed by atoms with Crippen LogP contribution in [-0.4, -0.2) is 31.5 Å². The van der Waals surface area contributed by atoms with Gasteiger partial charge >= 0.3 is 6.18 Å². The van der Waals surface area contributed by atoms with Gasteiger partial charge in [-0.1, -0.05) is 19.8 Å². The molecule has 0 spiro atoms. The first kappa shape index (κ1) is 14.8. The summed E-state index contributed by atoms with van der Waals surface area (Å²) in [5, 5.41) is 3.24. The van der Waals surface area contributed by atoms with Crippen LogP contribution >= 0.6 is 0 Å². The molecule has 0 saturated heterocycles. The normalized spacial score (nSPS) is 19.8. The van der Waals surface area contributed by atoms with Gasteiger partial charge in [0.05, 0.1) is 5.60 Å². The highest BCUT2D eigenvalue weighted by atomic mass is 19.4. The molecule has 0 amide bonds. The average molecular weight is 253 g/mol. The zero-order valence-electron chi connectivity index (χ0n) is 10.4. The Morgan fingerprint density at radius 2 is 1.88 bits per heavy atom. The van der Waals surface area contributed by atoms with E-state index in [1.807, 2.05) is 6.92 Å². The molecule has 0 heterocycles. The van der Waals surface area contributed by atoms with E-state index in [9.17, 15) is 13.2 Å². The van der Waals surface area contributed by atoms with E-state index in [0.717, 1.165) is 38.8 Å². The van der Waals surface area contributed by atoms with Gasteiger partial charge in [0.25, 0.3) is 0 Å². The van der Waals surface area contributed by atoms with Gasteiger partial charge in [-0.3, -0.25) is 0 Å². The van der Waals surface area contributed by atoms with E-state index in [1.54, 1.807) is 0 Å². The third kappa shape index (κ3) is 5.73. The molecule has 0 aliphatic heterocycles. The molecule has 0 atom stereocenters. The molecule has 0 radical (unpaired) electrons.